The number of hydrogen-bond acceptors (Lipinski definition) is 4. The number of unbranched alkanes of at least 4 members (excludes halogenated alkanes) is 31. The van der Waals surface area contributed by atoms with Crippen molar-refractivity contribution >= 4 is 5.97 Å². The number of hydrogen-bond donors (Lipinski definition) is 1. The fourth-order valence-corrected chi connectivity index (χ4v) is 7.94. The van der Waals surface area contributed by atoms with Crippen LogP contribution >= 0.6 is 0 Å². The molecule has 0 spiro atoms. The third-order valence-corrected chi connectivity index (χ3v) is 12.0. The van der Waals surface area contributed by atoms with Gasteiger partial charge in [-0.2, -0.15) is 0 Å². The molecule has 0 aliphatic rings. The molecule has 0 heterocycles. The lowest BCUT2D eigenvalue weighted by atomic mass is 10.0. The predicted molar refractivity (Wildman–Crippen MR) is 279 cm³/mol. The highest BCUT2D eigenvalue weighted by molar-refractivity contribution is 5.69. The lowest BCUT2D eigenvalue weighted by molar-refractivity contribution is -0.154. The van der Waals surface area contributed by atoms with Crippen LogP contribution < -0.4 is 0 Å². The summed E-state index contributed by atoms with van der Waals surface area (Å²) in [6.45, 7) is 5.25. The molecule has 0 saturated carbocycles. The van der Waals surface area contributed by atoms with E-state index in [9.17, 15) is 9.90 Å². The van der Waals surface area contributed by atoms with Gasteiger partial charge in [-0.25, -0.2) is 0 Å². The Morgan fingerprint density at radius 3 is 1.10 bits per heavy atom. The average molecular weight is 879 g/mol. The summed E-state index contributed by atoms with van der Waals surface area (Å²) in [5.74, 6) is -0.200. The first-order valence-electron chi connectivity index (χ1n) is 27.5. The lowest BCUT2D eigenvalue weighted by Crippen LogP contribution is -2.27. The molecule has 0 aromatic heterocycles. The fraction of sp³-hybridized carbons (Fsp3) is 0.780. The molecule has 0 aromatic rings. The molecule has 4 heteroatoms. The fourth-order valence-electron chi connectivity index (χ4n) is 7.94. The molecule has 0 aliphatic carbocycles. The van der Waals surface area contributed by atoms with Crippen LogP contribution in [0.3, 0.4) is 0 Å². The van der Waals surface area contributed by atoms with Gasteiger partial charge in [-0.3, -0.25) is 4.79 Å². The van der Waals surface area contributed by atoms with E-state index in [0.717, 1.165) is 51.4 Å². The van der Waals surface area contributed by atoms with Crippen LogP contribution in [0.5, 0.6) is 0 Å². The molecular formula is C59H106O4. The second-order valence-corrected chi connectivity index (χ2v) is 18.3. The first kappa shape index (κ1) is 60.8. The van der Waals surface area contributed by atoms with E-state index in [0.29, 0.717) is 19.6 Å². The molecule has 63 heavy (non-hydrogen) atoms. The van der Waals surface area contributed by atoms with E-state index in [1.807, 2.05) is 0 Å². The van der Waals surface area contributed by atoms with Crippen molar-refractivity contribution in [3.8, 4) is 0 Å². The van der Waals surface area contributed by atoms with Gasteiger partial charge in [-0.05, 0) is 83.5 Å². The molecule has 366 valence electrons. The van der Waals surface area contributed by atoms with Crippen molar-refractivity contribution in [1.82, 2.24) is 0 Å². The first-order valence-corrected chi connectivity index (χ1v) is 27.5. The van der Waals surface area contributed by atoms with Crippen molar-refractivity contribution < 1.29 is 19.4 Å². The van der Waals surface area contributed by atoms with Crippen LogP contribution in [0.15, 0.2) is 72.9 Å². The monoisotopic (exact) mass is 879 g/mol. The molecule has 1 atom stereocenters. The maximum Gasteiger partial charge on any atom is 0.306 e. The number of allylic oxidation sites excluding steroid dienone is 12. The Kier molecular flexibility index (Phi) is 54.0. The number of carbonyl (C=O) groups is 1. The summed E-state index contributed by atoms with van der Waals surface area (Å²) in [6.07, 6.45) is 77.2. The van der Waals surface area contributed by atoms with Crippen LogP contribution in [0.1, 0.15) is 271 Å². The van der Waals surface area contributed by atoms with Gasteiger partial charge in [0.15, 0.2) is 0 Å². The van der Waals surface area contributed by atoms with Gasteiger partial charge >= 0.3 is 5.97 Å². The second-order valence-electron chi connectivity index (χ2n) is 18.3. The Hall–Kier alpha value is -2.17. The van der Waals surface area contributed by atoms with Crippen molar-refractivity contribution in [2.24, 2.45) is 0 Å². The zero-order valence-electron chi connectivity index (χ0n) is 42.1. The van der Waals surface area contributed by atoms with Crippen LogP contribution in [0.4, 0.5) is 0 Å². The molecule has 0 radical (unpaired) electrons. The quantitative estimate of drug-likeness (QED) is 0.0376. The molecule has 0 aliphatic heterocycles. The minimum absolute atomic E-state index is 0.174. The third kappa shape index (κ3) is 54.1. The topological polar surface area (TPSA) is 55.8 Å². The van der Waals surface area contributed by atoms with Gasteiger partial charge in [-0.1, -0.05) is 254 Å². The van der Waals surface area contributed by atoms with Crippen molar-refractivity contribution in [2.75, 3.05) is 19.8 Å². The normalized spacial score (nSPS) is 12.9. The number of carbonyl (C=O) groups excluding carboxylic acids is 1. The molecular weight excluding hydrogens is 773 g/mol. The largest absolute Gasteiger partial charge is 0.457 e. The van der Waals surface area contributed by atoms with Crippen LogP contribution in [-0.2, 0) is 14.3 Å². The smallest absolute Gasteiger partial charge is 0.306 e. The Labute approximate surface area is 393 Å². The van der Waals surface area contributed by atoms with E-state index < -0.39 is 6.10 Å². The predicted octanol–water partition coefficient (Wildman–Crippen LogP) is 18.9. The van der Waals surface area contributed by atoms with Crippen molar-refractivity contribution in [2.45, 2.75) is 277 Å². The highest BCUT2D eigenvalue weighted by atomic mass is 16.6. The molecule has 0 saturated heterocycles. The number of ether oxygens (including phenoxy) is 2. The Balaban J connectivity index is 3.41. The highest BCUT2D eigenvalue weighted by Gasteiger charge is 2.13. The molecule has 0 aromatic carbocycles. The van der Waals surface area contributed by atoms with Crippen molar-refractivity contribution in [3.63, 3.8) is 0 Å². The summed E-state index contributed by atoms with van der Waals surface area (Å²) in [4.78, 5) is 12.3. The number of aliphatic hydroxyl groups is 1. The molecule has 1 unspecified atom stereocenters. The van der Waals surface area contributed by atoms with Crippen molar-refractivity contribution in [3.05, 3.63) is 72.9 Å². The van der Waals surface area contributed by atoms with E-state index in [-0.39, 0.29) is 12.6 Å². The molecule has 0 rings (SSSR count). The van der Waals surface area contributed by atoms with Crippen molar-refractivity contribution in [1.29, 1.82) is 0 Å². The van der Waals surface area contributed by atoms with Crippen LogP contribution in [0, 0.1) is 0 Å². The third-order valence-electron chi connectivity index (χ3n) is 12.0. The number of rotatable bonds is 51. The molecule has 0 amide bonds. The summed E-state index contributed by atoms with van der Waals surface area (Å²) in [5, 5.41) is 9.67. The van der Waals surface area contributed by atoms with Gasteiger partial charge in [-0.15, -0.1) is 0 Å². The minimum atomic E-state index is -0.541. The zero-order chi connectivity index (χ0) is 45.5. The van der Waals surface area contributed by atoms with Crippen LogP contribution in [0.2, 0.25) is 0 Å². The van der Waals surface area contributed by atoms with Gasteiger partial charge in [0.2, 0.25) is 0 Å². The Morgan fingerprint density at radius 2 is 0.714 bits per heavy atom. The van der Waals surface area contributed by atoms with Gasteiger partial charge in [0.1, 0.15) is 6.10 Å². The van der Waals surface area contributed by atoms with E-state index in [4.69, 9.17) is 9.47 Å². The first-order chi connectivity index (χ1) is 31.2. The summed E-state index contributed by atoms with van der Waals surface area (Å²) < 4.78 is 11.2. The highest BCUT2D eigenvalue weighted by Crippen LogP contribution is 2.16. The van der Waals surface area contributed by atoms with Gasteiger partial charge < -0.3 is 14.6 Å². The lowest BCUT2D eigenvalue weighted by Gasteiger charge is -2.16. The minimum Gasteiger partial charge on any atom is -0.457 e. The summed E-state index contributed by atoms with van der Waals surface area (Å²) in [7, 11) is 0. The molecule has 4 nitrogen and oxygen atoms in total. The van der Waals surface area contributed by atoms with Crippen LogP contribution in [-0.4, -0.2) is 37.0 Å². The SMILES string of the molecule is CC/C=C\C/C=C\C/C=C\C/C=C\C/C=C\CCCCCCCCCCCCOCC(CO)OC(=O)CCCCCCCCCCCCCCC/C=C\CCCCCCCCCC. The molecule has 1 N–H and O–H groups in total. The number of aliphatic hydroxyl groups excluding tert-OH is 1. The Bertz CT molecular complexity index is 1070. The summed E-state index contributed by atoms with van der Waals surface area (Å²) in [5.41, 5.74) is 0. The summed E-state index contributed by atoms with van der Waals surface area (Å²) >= 11 is 0. The Morgan fingerprint density at radius 1 is 0.397 bits per heavy atom. The van der Waals surface area contributed by atoms with Gasteiger partial charge in [0.25, 0.3) is 0 Å². The zero-order valence-corrected chi connectivity index (χ0v) is 42.1. The summed E-state index contributed by atoms with van der Waals surface area (Å²) in [6, 6.07) is 0. The maximum atomic E-state index is 12.3. The standard InChI is InChI=1S/C59H106O4/c1-3-5-7-9-11-13-15-17-19-21-23-25-27-29-31-33-35-37-39-41-43-45-47-49-51-53-55-62-57-58(56-60)63-59(61)54-52-50-48-46-44-42-40-38-36-34-32-30-28-26-24-22-20-18-16-14-12-10-8-6-4-2/h5,7,11,13,17,19,22-25,29,31,58,60H,3-4,6,8-10,12,14-16,18,20-21,26-28,30,32-57H2,1-2H3/b7-5-,13-11-,19-17-,24-22-,25-23-,31-29-. The van der Waals surface area contributed by atoms with E-state index in [1.54, 1.807) is 0 Å². The average Bonchev–Trinajstić information content (AvgIpc) is 3.29. The second kappa shape index (κ2) is 56.0. The van der Waals surface area contributed by atoms with E-state index in [2.05, 4.69) is 86.8 Å². The van der Waals surface area contributed by atoms with E-state index in [1.165, 1.54) is 199 Å². The van der Waals surface area contributed by atoms with Gasteiger partial charge in [0.05, 0.1) is 13.2 Å². The number of esters is 1. The van der Waals surface area contributed by atoms with Gasteiger partial charge in [0, 0.05) is 13.0 Å². The maximum absolute atomic E-state index is 12.3. The van der Waals surface area contributed by atoms with E-state index >= 15 is 0 Å². The molecule has 0 fully saturated rings. The molecule has 0 bridgehead atoms. The van der Waals surface area contributed by atoms with Crippen LogP contribution in [0.25, 0.3) is 0 Å².